The second kappa shape index (κ2) is 5.05. The van der Waals surface area contributed by atoms with Crippen LogP contribution in [0.1, 0.15) is 27.2 Å². The molecule has 2 aliphatic rings. The van der Waals surface area contributed by atoms with E-state index in [1.54, 1.807) is 12.3 Å². The summed E-state index contributed by atoms with van der Waals surface area (Å²) < 4.78 is 5.47. The number of halogens is 1. The zero-order valence-corrected chi connectivity index (χ0v) is 13.3. The highest BCUT2D eigenvalue weighted by Gasteiger charge is 2.46. The van der Waals surface area contributed by atoms with Crippen molar-refractivity contribution in [3.63, 3.8) is 0 Å². The van der Waals surface area contributed by atoms with E-state index in [2.05, 4.69) is 9.88 Å². The highest BCUT2D eigenvalue weighted by atomic mass is 35.5. The van der Waals surface area contributed by atoms with E-state index < -0.39 is 5.60 Å². The number of fused-ring (bicyclic) bond motifs is 2. The van der Waals surface area contributed by atoms with Crippen molar-refractivity contribution in [1.82, 2.24) is 9.88 Å². The van der Waals surface area contributed by atoms with Crippen molar-refractivity contribution in [2.75, 3.05) is 18.0 Å². The van der Waals surface area contributed by atoms with E-state index in [9.17, 15) is 4.79 Å². The van der Waals surface area contributed by atoms with Crippen LogP contribution < -0.4 is 4.90 Å². The van der Waals surface area contributed by atoms with Gasteiger partial charge in [-0.25, -0.2) is 9.78 Å². The molecule has 0 aromatic carbocycles. The number of hydrogen-bond donors (Lipinski definition) is 0. The normalized spacial score (nSPS) is 24.6. The minimum Gasteiger partial charge on any atom is -0.444 e. The Morgan fingerprint density at radius 2 is 2.10 bits per heavy atom. The number of carbonyl (C=O) groups excluding carboxylic acids is 1. The molecule has 2 fully saturated rings. The Labute approximate surface area is 129 Å². The van der Waals surface area contributed by atoms with Gasteiger partial charge < -0.3 is 14.5 Å². The Balaban J connectivity index is 1.66. The van der Waals surface area contributed by atoms with Gasteiger partial charge in [-0.3, -0.25) is 0 Å². The molecule has 1 aromatic heterocycles. The molecule has 1 aromatic rings. The third-order valence-corrected chi connectivity index (χ3v) is 4.14. The van der Waals surface area contributed by atoms with Crippen LogP contribution in [0.3, 0.4) is 0 Å². The van der Waals surface area contributed by atoms with Crippen LogP contribution in [0.4, 0.5) is 10.5 Å². The van der Waals surface area contributed by atoms with Crippen LogP contribution in [0.2, 0.25) is 5.15 Å². The summed E-state index contributed by atoms with van der Waals surface area (Å²) in [5, 5.41) is 0.499. The first-order valence-electron chi connectivity index (χ1n) is 7.21. The van der Waals surface area contributed by atoms with Crippen molar-refractivity contribution in [1.29, 1.82) is 0 Å². The van der Waals surface area contributed by atoms with E-state index in [4.69, 9.17) is 16.3 Å². The van der Waals surface area contributed by atoms with Gasteiger partial charge in [0.1, 0.15) is 10.8 Å². The van der Waals surface area contributed by atoms with Gasteiger partial charge in [0.2, 0.25) is 0 Å². The quantitative estimate of drug-likeness (QED) is 0.748. The maximum absolute atomic E-state index is 12.2. The van der Waals surface area contributed by atoms with Crippen molar-refractivity contribution >= 4 is 23.4 Å². The van der Waals surface area contributed by atoms with E-state index in [0.717, 1.165) is 18.7 Å². The fraction of sp³-hybridized carbons (Fsp3) is 0.600. The lowest BCUT2D eigenvalue weighted by Crippen LogP contribution is -2.50. The number of pyridine rings is 1. The van der Waals surface area contributed by atoms with Crippen molar-refractivity contribution in [3.05, 3.63) is 23.5 Å². The summed E-state index contributed by atoms with van der Waals surface area (Å²) >= 11 is 5.82. The molecule has 21 heavy (non-hydrogen) atoms. The molecule has 0 unspecified atom stereocenters. The predicted octanol–water partition coefficient (Wildman–Crippen LogP) is 2.93. The van der Waals surface area contributed by atoms with Gasteiger partial charge in [-0.2, -0.15) is 0 Å². The number of ether oxygens (including phenoxy) is 1. The number of anilines is 1. The summed E-state index contributed by atoms with van der Waals surface area (Å²) in [6, 6.07) is 4.34. The molecule has 0 spiro atoms. The zero-order chi connectivity index (χ0) is 15.2. The number of piperazine rings is 1. The van der Waals surface area contributed by atoms with Gasteiger partial charge in [0.25, 0.3) is 0 Å². The number of carbonyl (C=O) groups is 1. The molecule has 6 heteroatoms. The number of hydrogen-bond acceptors (Lipinski definition) is 4. The summed E-state index contributed by atoms with van der Waals surface area (Å²) in [5.74, 6) is 0. The summed E-state index contributed by atoms with van der Waals surface area (Å²) in [6.45, 7) is 7.22. The second-order valence-corrected chi connectivity index (χ2v) is 7.05. The van der Waals surface area contributed by atoms with Gasteiger partial charge in [0.05, 0.1) is 17.9 Å². The molecule has 0 aliphatic carbocycles. The summed E-state index contributed by atoms with van der Waals surface area (Å²) in [4.78, 5) is 20.5. The standard InChI is InChI=1S/C15H20ClN3O2/c1-15(2,3)21-14(20)19-9-11-6-12(19)8-18(11)10-4-5-13(16)17-7-10/h4-5,7,11-12H,6,8-9H2,1-3H3/t11-,12-/m0/s1. The Hall–Kier alpha value is -1.49. The van der Waals surface area contributed by atoms with E-state index in [1.807, 2.05) is 31.7 Å². The molecule has 1 amide bonds. The van der Waals surface area contributed by atoms with E-state index in [0.29, 0.717) is 17.7 Å². The Kier molecular flexibility index (Phi) is 3.48. The number of rotatable bonds is 1. The molecule has 2 aliphatic heterocycles. The average molecular weight is 310 g/mol. The van der Waals surface area contributed by atoms with Crippen LogP contribution in [0.15, 0.2) is 18.3 Å². The third kappa shape index (κ3) is 2.93. The predicted molar refractivity (Wildman–Crippen MR) is 81.7 cm³/mol. The van der Waals surface area contributed by atoms with E-state index >= 15 is 0 Å². The van der Waals surface area contributed by atoms with Crippen molar-refractivity contribution in [2.45, 2.75) is 44.9 Å². The molecule has 2 bridgehead atoms. The summed E-state index contributed by atoms with van der Waals surface area (Å²) in [6.07, 6.45) is 2.58. The SMILES string of the molecule is CC(C)(C)OC(=O)N1C[C@@H]2C[C@H]1CN2c1ccc(Cl)nc1. The van der Waals surface area contributed by atoms with Crippen LogP contribution in [0.25, 0.3) is 0 Å². The maximum Gasteiger partial charge on any atom is 0.410 e. The largest absolute Gasteiger partial charge is 0.444 e. The molecule has 0 N–H and O–H groups in total. The molecule has 2 atom stereocenters. The molecule has 3 heterocycles. The fourth-order valence-corrected chi connectivity index (χ4v) is 3.18. The van der Waals surface area contributed by atoms with E-state index in [1.165, 1.54) is 0 Å². The molecule has 0 radical (unpaired) electrons. The highest BCUT2D eigenvalue weighted by Crippen LogP contribution is 2.35. The van der Waals surface area contributed by atoms with Gasteiger partial charge in [-0.15, -0.1) is 0 Å². The van der Waals surface area contributed by atoms with Crippen LogP contribution in [-0.2, 0) is 4.74 Å². The number of likely N-dealkylation sites (tertiary alicyclic amines) is 1. The first-order valence-corrected chi connectivity index (χ1v) is 7.59. The summed E-state index contributed by atoms with van der Waals surface area (Å²) in [7, 11) is 0. The molecule has 114 valence electrons. The fourth-order valence-electron chi connectivity index (χ4n) is 3.07. The molecule has 0 saturated carbocycles. The lowest BCUT2D eigenvalue weighted by Gasteiger charge is -2.36. The topological polar surface area (TPSA) is 45.7 Å². The third-order valence-electron chi connectivity index (χ3n) is 3.91. The Morgan fingerprint density at radius 1 is 1.33 bits per heavy atom. The average Bonchev–Trinajstić information content (AvgIpc) is 2.97. The Bertz CT molecular complexity index is 541. The molecule has 2 saturated heterocycles. The smallest absolute Gasteiger partial charge is 0.410 e. The molecular formula is C15H20ClN3O2. The van der Waals surface area contributed by atoms with Crippen LogP contribution in [0, 0.1) is 0 Å². The van der Waals surface area contributed by atoms with Crippen LogP contribution in [0.5, 0.6) is 0 Å². The lowest BCUT2D eigenvalue weighted by atomic mass is 10.2. The van der Waals surface area contributed by atoms with Crippen molar-refractivity contribution < 1.29 is 9.53 Å². The Morgan fingerprint density at radius 3 is 2.62 bits per heavy atom. The second-order valence-electron chi connectivity index (χ2n) is 6.67. The monoisotopic (exact) mass is 309 g/mol. The van der Waals surface area contributed by atoms with Crippen LogP contribution >= 0.6 is 11.6 Å². The first kappa shape index (κ1) is 14.4. The zero-order valence-electron chi connectivity index (χ0n) is 12.5. The lowest BCUT2D eigenvalue weighted by molar-refractivity contribution is 0.0215. The summed E-state index contributed by atoms with van der Waals surface area (Å²) in [5.41, 5.74) is 0.620. The number of amides is 1. The van der Waals surface area contributed by atoms with Gasteiger partial charge in [-0.1, -0.05) is 11.6 Å². The minimum atomic E-state index is -0.446. The van der Waals surface area contributed by atoms with Crippen molar-refractivity contribution in [2.24, 2.45) is 0 Å². The van der Waals surface area contributed by atoms with Gasteiger partial charge in [-0.05, 0) is 39.3 Å². The van der Waals surface area contributed by atoms with E-state index in [-0.39, 0.29) is 12.1 Å². The number of aromatic nitrogens is 1. The number of nitrogens with zero attached hydrogens (tertiary/aromatic N) is 3. The maximum atomic E-state index is 12.2. The van der Waals surface area contributed by atoms with Gasteiger partial charge in [0, 0.05) is 19.1 Å². The van der Waals surface area contributed by atoms with Crippen LogP contribution in [-0.4, -0.2) is 46.8 Å². The molecule has 3 rings (SSSR count). The van der Waals surface area contributed by atoms with Crippen molar-refractivity contribution in [3.8, 4) is 0 Å². The molecular weight excluding hydrogens is 290 g/mol. The minimum absolute atomic E-state index is 0.205. The first-order chi connectivity index (χ1) is 9.83. The highest BCUT2D eigenvalue weighted by molar-refractivity contribution is 6.29. The molecule has 5 nitrogen and oxygen atoms in total. The van der Waals surface area contributed by atoms with Gasteiger partial charge >= 0.3 is 6.09 Å². The van der Waals surface area contributed by atoms with Gasteiger partial charge in [0.15, 0.2) is 0 Å².